The highest BCUT2D eigenvalue weighted by atomic mass is 16.5. The molecule has 0 unspecified atom stereocenters. The van der Waals surface area contributed by atoms with Crippen LogP contribution in [0.4, 0.5) is 5.82 Å². The molecule has 35 heavy (non-hydrogen) atoms. The molecule has 1 amide bonds. The van der Waals surface area contributed by atoms with Gasteiger partial charge in [-0.05, 0) is 55.7 Å². The summed E-state index contributed by atoms with van der Waals surface area (Å²) in [5, 5.41) is 0. The topological polar surface area (TPSA) is 107 Å². The Morgan fingerprint density at radius 2 is 1.86 bits per heavy atom. The Labute approximate surface area is 203 Å². The molecule has 8 heteroatoms. The molecule has 0 spiro atoms. The van der Waals surface area contributed by atoms with Gasteiger partial charge in [-0.15, -0.1) is 0 Å². The number of carbonyl (C=O) groups excluding carboxylic acids is 1. The van der Waals surface area contributed by atoms with Crippen LogP contribution in [0.1, 0.15) is 40.4 Å². The summed E-state index contributed by atoms with van der Waals surface area (Å²) in [5.41, 5.74) is 9.60. The number of benzene rings is 1. The molecular formula is C27H26N6O2. The third kappa shape index (κ3) is 4.96. The number of pyridine rings is 2. The number of anilines is 1. The number of nitrogens with zero attached hydrogens (tertiary/aromatic N) is 5. The molecule has 176 valence electrons. The Morgan fingerprint density at radius 1 is 1.00 bits per heavy atom. The first-order chi connectivity index (χ1) is 17.1. The lowest BCUT2D eigenvalue weighted by atomic mass is 9.94. The van der Waals surface area contributed by atoms with Crippen LogP contribution >= 0.6 is 0 Å². The van der Waals surface area contributed by atoms with Gasteiger partial charge in [0.2, 0.25) is 5.88 Å². The summed E-state index contributed by atoms with van der Waals surface area (Å²) in [6.07, 6.45) is 8.38. The molecule has 4 heterocycles. The largest absolute Gasteiger partial charge is 0.437 e. The SMILES string of the molecule is Cc1ccccc1Oc1nccnc1[C@H]1CCCN(C(=O)c2ccc(-c3ccc(N)nc3)nc2)C1. The molecule has 0 aliphatic carbocycles. The lowest BCUT2D eigenvalue weighted by Crippen LogP contribution is -2.39. The molecule has 4 aromatic rings. The van der Waals surface area contributed by atoms with Gasteiger partial charge in [0.15, 0.2) is 0 Å². The molecule has 1 aliphatic heterocycles. The number of nitrogens with two attached hydrogens (primary N) is 1. The van der Waals surface area contributed by atoms with Gasteiger partial charge in [-0.3, -0.25) is 14.8 Å². The van der Waals surface area contributed by atoms with Crippen molar-refractivity contribution in [2.24, 2.45) is 0 Å². The second-order valence-corrected chi connectivity index (χ2v) is 8.61. The van der Waals surface area contributed by atoms with Crippen molar-refractivity contribution in [3.05, 3.63) is 90.1 Å². The summed E-state index contributed by atoms with van der Waals surface area (Å²) >= 11 is 0. The minimum Gasteiger partial charge on any atom is -0.437 e. The molecule has 0 radical (unpaired) electrons. The predicted molar refractivity (Wildman–Crippen MR) is 133 cm³/mol. The molecule has 8 nitrogen and oxygen atoms in total. The van der Waals surface area contributed by atoms with E-state index < -0.39 is 0 Å². The lowest BCUT2D eigenvalue weighted by Gasteiger charge is -2.32. The number of hydrogen-bond donors (Lipinski definition) is 1. The number of nitrogen functional groups attached to an aromatic ring is 1. The van der Waals surface area contributed by atoms with Crippen molar-refractivity contribution in [3.63, 3.8) is 0 Å². The molecular weight excluding hydrogens is 440 g/mol. The number of aromatic nitrogens is 4. The number of piperidine rings is 1. The van der Waals surface area contributed by atoms with Gasteiger partial charge in [-0.1, -0.05) is 18.2 Å². The number of hydrogen-bond acceptors (Lipinski definition) is 7. The van der Waals surface area contributed by atoms with E-state index in [9.17, 15) is 4.79 Å². The van der Waals surface area contributed by atoms with Crippen LogP contribution in [0, 0.1) is 6.92 Å². The summed E-state index contributed by atoms with van der Waals surface area (Å²) in [6, 6.07) is 15.0. The molecule has 1 aliphatic rings. The van der Waals surface area contributed by atoms with E-state index in [1.54, 1.807) is 36.9 Å². The van der Waals surface area contributed by atoms with Crippen molar-refractivity contribution in [2.75, 3.05) is 18.8 Å². The molecule has 1 atom stereocenters. The molecule has 3 aromatic heterocycles. The van der Waals surface area contributed by atoms with Crippen molar-refractivity contribution in [2.45, 2.75) is 25.7 Å². The molecule has 1 aromatic carbocycles. The number of ether oxygens (including phenoxy) is 1. The fourth-order valence-electron chi connectivity index (χ4n) is 4.29. The van der Waals surface area contributed by atoms with Gasteiger partial charge in [0.1, 0.15) is 17.3 Å². The first kappa shape index (κ1) is 22.5. The van der Waals surface area contributed by atoms with Crippen LogP contribution in [0.5, 0.6) is 11.6 Å². The fourth-order valence-corrected chi connectivity index (χ4v) is 4.29. The predicted octanol–water partition coefficient (Wildman–Crippen LogP) is 4.64. The molecule has 1 saturated heterocycles. The monoisotopic (exact) mass is 466 g/mol. The van der Waals surface area contributed by atoms with Gasteiger partial charge in [0.05, 0.1) is 11.3 Å². The average Bonchev–Trinajstić information content (AvgIpc) is 2.90. The highest BCUT2D eigenvalue weighted by molar-refractivity contribution is 5.94. The van der Waals surface area contributed by atoms with Crippen molar-refractivity contribution < 1.29 is 9.53 Å². The van der Waals surface area contributed by atoms with Crippen molar-refractivity contribution in [1.29, 1.82) is 0 Å². The first-order valence-electron chi connectivity index (χ1n) is 11.6. The van der Waals surface area contributed by atoms with Crippen LogP contribution in [0.15, 0.2) is 73.3 Å². The van der Waals surface area contributed by atoms with Gasteiger partial charge in [-0.25, -0.2) is 9.97 Å². The lowest BCUT2D eigenvalue weighted by molar-refractivity contribution is 0.0704. The summed E-state index contributed by atoms with van der Waals surface area (Å²) in [7, 11) is 0. The molecule has 2 N–H and O–H groups in total. The zero-order valence-electron chi connectivity index (χ0n) is 19.5. The smallest absolute Gasteiger partial charge is 0.255 e. The number of carbonyl (C=O) groups is 1. The van der Waals surface area contributed by atoms with Crippen LogP contribution in [-0.2, 0) is 0 Å². The van der Waals surface area contributed by atoms with Crippen molar-refractivity contribution >= 4 is 11.7 Å². The number of aryl methyl sites for hydroxylation is 1. The zero-order chi connectivity index (χ0) is 24.2. The Bertz CT molecular complexity index is 1320. The number of amides is 1. The second kappa shape index (κ2) is 9.89. The zero-order valence-corrected chi connectivity index (χ0v) is 19.5. The Balaban J connectivity index is 1.32. The Morgan fingerprint density at radius 3 is 2.63 bits per heavy atom. The summed E-state index contributed by atoms with van der Waals surface area (Å²) in [6.45, 7) is 3.23. The highest BCUT2D eigenvalue weighted by Crippen LogP contribution is 2.34. The minimum absolute atomic E-state index is 0.0357. The van der Waals surface area contributed by atoms with E-state index in [4.69, 9.17) is 10.5 Å². The van der Waals surface area contributed by atoms with E-state index in [1.807, 2.05) is 48.2 Å². The average molecular weight is 467 g/mol. The van der Waals surface area contributed by atoms with E-state index in [1.165, 1.54) is 0 Å². The summed E-state index contributed by atoms with van der Waals surface area (Å²) < 4.78 is 6.14. The van der Waals surface area contributed by atoms with E-state index in [0.29, 0.717) is 30.4 Å². The normalized spacial score (nSPS) is 15.6. The maximum Gasteiger partial charge on any atom is 0.255 e. The van der Waals surface area contributed by atoms with E-state index in [0.717, 1.165) is 41.1 Å². The minimum atomic E-state index is -0.0468. The number of para-hydroxylation sites is 1. The molecule has 0 saturated carbocycles. The third-order valence-electron chi connectivity index (χ3n) is 6.18. The summed E-state index contributed by atoms with van der Waals surface area (Å²) in [5.74, 6) is 1.68. The molecule has 1 fully saturated rings. The maximum atomic E-state index is 13.3. The highest BCUT2D eigenvalue weighted by Gasteiger charge is 2.29. The van der Waals surface area contributed by atoms with Crippen LogP contribution in [-0.4, -0.2) is 43.8 Å². The van der Waals surface area contributed by atoms with Crippen molar-refractivity contribution in [1.82, 2.24) is 24.8 Å². The van der Waals surface area contributed by atoms with Crippen LogP contribution < -0.4 is 10.5 Å². The number of rotatable bonds is 5. The van der Waals surface area contributed by atoms with Gasteiger partial charge >= 0.3 is 0 Å². The maximum absolute atomic E-state index is 13.3. The third-order valence-corrected chi connectivity index (χ3v) is 6.18. The van der Waals surface area contributed by atoms with Crippen LogP contribution in [0.2, 0.25) is 0 Å². The van der Waals surface area contributed by atoms with Crippen LogP contribution in [0.3, 0.4) is 0 Å². The van der Waals surface area contributed by atoms with E-state index in [-0.39, 0.29) is 11.8 Å². The quantitative estimate of drug-likeness (QED) is 0.457. The second-order valence-electron chi connectivity index (χ2n) is 8.61. The molecule has 5 rings (SSSR count). The van der Waals surface area contributed by atoms with Gasteiger partial charge < -0.3 is 15.4 Å². The summed E-state index contributed by atoms with van der Waals surface area (Å²) in [4.78, 5) is 32.8. The number of likely N-dealkylation sites (tertiary alicyclic amines) is 1. The fraction of sp³-hybridized carbons (Fsp3) is 0.222. The Kier molecular flexibility index (Phi) is 6.34. The van der Waals surface area contributed by atoms with Crippen molar-refractivity contribution in [3.8, 4) is 22.9 Å². The van der Waals surface area contributed by atoms with Gasteiger partial charge in [0, 0.05) is 49.4 Å². The standard InChI is InChI=1S/C27H26N6O2/c1-18-5-2-3-7-23(18)35-26-25(29-12-13-30-26)21-6-4-14-33(17-21)27(34)20-8-10-22(31-16-20)19-9-11-24(28)32-15-19/h2-3,5,7-13,15-16,21H,4,6,14,17H2,1H3,(H2,28,32)/t21-/m0/s1. The van der Waals surface area contributed by atoms with Gasteiger partial charge in [-0.2, -0.15) is 0 Å². The van der Waals surface area contributed by atoms with Gasteiger partial charge in [0.25, 0.3) is 5.91 Å². The van der Waals surface area contributed by atoms with E-state index >= 15 is 0 Å². The van der Waals surface area contributed by atoms with E-state index in [2.05, 4.69) is 19.9 Å². The van der Waals surface area contributed by atoms with Crippen LogP contribution in [0.25, 0.3) is 11.3 Å². The first-order valence-corrected chi connectivity index (χ1v) is 11.6. The molecule has 0 bridgehead atoms. The Hall–Kier alpha value is -4.33.